The fraction of sp³-hybridized carbons (Fsp3) is 0.316. The van der Waals surface area contributed by atoms with Crippen molar-refractivity contribution in [3.8, 4) is 0 Å². The van der Waals surface area contributed by atoms with Crippen LogP contribution in [0, 0.1) is 0 Å². The Labute approximate surface area is 131 Å². The van der Waals surface area contributed by atoms with Gasteiger partial charge in [0.05, 0.1) is 6.61 Å². The molecule has 1 atom stereocenters. The lowest BCUT2D eigenvalue weighted by molar-refractivity contribution is 0.0790. The molecule has 1 unspecified atom stereocenters. The zero-order valence-electron chi connectivity index (χ0n) is 12.9. The van der Waals surface area contributed by atoms with Gasteiger partial charge in [0.2, 0.25) is 0 Å². The lowest BCUT2D eigenvalue weighted by Crippen LogP contribution is -2.28. The molecule has 0 N–H and O–H groups in total. The molecule has 3 rings (SSSR count). The maximum Gasteiger partial charge on any atom is 0.253 e. The SMILES string of the molecule is COCc1ccc(C(=O)N2CCC(c3ccccc3)C2)cc1. The minimum atomic E-state index is 0.127. The third-order valence-corrected chi connectivity index (χ3v) is 4.26. The highest BCUT2D eigenvalue weighted by atomic mass is 16.5. The van der Waals surface area contributed by atoms with Gasteiger partial charge in [0.15, 0.2) is 0 Å². The molecular formula is C19H21NO2. The van der Waals surface area contributed by atoms with Gasteiger partial charge in [-0.15, -0.1) is 0 Å². The van der Waals surface area contributed by atoms with E-state index in [1.165, 1.54) is 5.56 Å². The minimum absolute atomic E-state index is 0.127. The number of rotatable bonds is 4. The molecule has 2 aromatic rings. The molecule has 1 heterocycles. The van der Waals surface area contributed by atoms with Gasteiger partial charge in [0, 0.05) is 31.7 Å². The number of likely N-dealkylation sites (tertiary alicyclic amines) is 1. The molecule has 0 aromatic heterocycles. The van der Waals surface area contributed by atoms with Crippen LogP contribution in [-0.4, -0.2) is 31.0 Å². The third kappa shape index (κ3) is 3.20. The maximum atomic E-state index is 12.6. The van der Waals surface area contributed by atoms with E-state index in [4.69, 9.17) is 4.74 Å². The number of methoxy groups -OCH3 is 1. The van der Waals surface area contributed by atoms with Crippen LogP contribution in [0.5, 0.6) is 0 Å². The Bertz CT molecular complexity index is 622. The fourth-order valence-corrected chi connectivity index (χ4v) is 3.03. The van der Waals surface area contributed by atoms with E-state index in [0.717, 1.165) is 30.6 Å². The highest BCUT2D eigenvalue weighted by Crippen LogP contribution is 2.27. The monoisotopic (exact) mass is 295 g/mol. The van der Waals surface area contributed by atoms with Crippen LogP contribution in [0.25, 0.3) is 0 Å². The van der Waals surface area contributed by atoms with Crippen LogP contribution in [-0.2, 0) is 11.3 Å². The Hall–Kier alpha value is -2.13. The molecule has 1 aliphatic rings. The van der Waals surface area contributed by atoms with E-state index < -0.39 is 0 Å². The number of carbonyl (C=O) groups excluding carboxylic acids is 1. The van der Waals surface area contributed by atoms with E-state index in [1.807, 2.05) is 35.2 Å². The number of nitrogens with zero attached hydrogens (tertiary/aromatic N) is 1. The largest absolute Gasteiger partial charge is 0.380 e. The Morgan fingerprint density at radius 3 is 2.55 bits per heavy atom. The van der Waals surface area contributed by atoms with Crippen LogP contribution < -0.4 is 0 Å². The standard InChI is InChI=1S/C19H21NO2/c1-22-14-15-7-9-17(10-8-15)19(21)20-12-11-18(13-20)16-5-3-2-4-6-16/h2-10,18H,11-14H2,1H3. The molecular weight excluding hydrogens is 274 g/mol. The first-order valence-corrected chi connectivity index (χ1v) is 7.70. The van der Waals surface area contributed by atoms with Crippen molar-refractivity contribution >= 4 is 5.91 Å². The summed E-state index contributed by atoms with van der Waals surface area (Å²) >= 11 is 0. The van der Waals surface area contributed by atoms with E-state index in [2.05, 4.69) is 24.3 Å². The van der Waals surface area contributed by atoms with Crippen molar-refractivity contribution in [2.24, 2.45) is 0 Å². The normalized spacial score (nSPS) is 17.7. The topological polar surface area (TPSA) is 29.5 Å². The van der Waals surface area contributed by atoms with Crippen LogP contribution in [0.2, 0.25) is 0 Å². The molecule has 114 valence electrons. The van der Waals surface area contributed by atoms with Crippen molar-refractivity contribution < 1.29 is 9.53 Å². The molecule has 2 aromatic carbocycles. The summed E-state index contributed by atoms with van der Waals surface area (Å²) in [6.07, 6.45) is 1.04. The molecule has 22 heavy (non-hydrogen) atoms. The van der Waals surface area contributed by atoms with Gasteiger partial charge in [-0.25, -0.2) is 0 Å². The Morgan fingerprint density at radius 1 is 1.14 bits per heavy atom. The summed E-state index contributed by atoms with van der Waals surface area (Å²) in [5.74, 6) is 0.584. The van der Waals surface area contributed by atoms with Crippen LogP contribution in [0.4, 0.5) is 0 Å². The molecule has 3 nitrogen and oxygen atoms in total. The number of hydrogen-bond donors (Lipinski definition) is 0. The highest BCUT2D eigenvalue weighted by molar-refractivity contribution is 5.94. The maximum absolute atomic E-state index is 12.6. The first-order valence-electron chi connectivity index (χ1n) is 7.70. The van der Waals surface area contributed by atoms with Crippen LogP contribution in [0.15, 0.2) is 54.6 Å². The third-order valence-electron chi connectivity index (χ3n) is 4.26. The van der Waals surface area contributed by atoms with Gasteiger partial charge in [0.25, 0.3) is 5.91 Å². The summed E-state index contributed by atoms with van der Waals surface area (Å²) in [5, 5.41) is 0. The lowest BCUT2D eigenvalue weighted by atomic mass is 9.99. The number of benzene rings is 2. The molecule has 0 bridgehead atoms. The predicted octanol–water partition coefficient (Wildman–Crippen LogP) is 3.46. The molecule has 0 spiro atoms. The van der Waals surface area contributed by atoms with Gasteiger partial charge >= 0.3 is 0 Å². The van der Waals surface area contributed by atoms with Crippen molar-refractivity contribution in [2.45, 2.75) is 18.9 Å². The van der Waals surface area contributed by atoms with E-state index in [0.29, 0.717) is 12.5 Å². The van der Waals surface area contributed by atoms with Gasteiger partial charge in [-0.3, -0.25) is 4.79 Å². The molecule has 1 aliphatic heterocycles. The molecule has 1 amide bonds. The molecule has 1 saturated heterocycles. The van der Waals surface area contributed by atoms with Gasteiger partial charge in [-0.2, -0.15) is 0 Å². The predicted molar refractivity (Wildman–Crippen MR) is 86.9 cm³/mol. The van der Waals surface area contributed by atoms with Crippen molar-refractivity contribution in [1.82, 2.24) is 4.90 Å². The molecule has 0 saturated carbocycles. The minimum Gasteiger partial charge on any atom is -0.380 e. The second kappa shape index (κ2) is 6.75. The quantitative estimate of drug-likeness (QED) is 0.864. The van der Waals surface area contributed by atoms with Crippen LogP contribution in [0.1, 0.15) is 33.8 Å². The van der Waals surface area contributed by atoms with Crippen molar-refractivity contribution in [2.75, 3.05) is 20.2 Å². The molecule has 0 aliphatic carbocycles. The second-order valence-corrected chi connectivity index (χ2v) is 5.78. The average Bonchev–Trinajstić information content (AvgIpc) is 3.06. The summed E-state index contributed by atoms with van der Waals surface area (Å²) in [4.78, 5) is 14.5. The molecule has 0 radical (unpaired) electrons. The molecule has 3 heteroatoms. The zero-order valence-corrected chi connectivity index (χ0v) is 12.9. The van der Waals surface area contributed by atoms with Crippen molar-refractivity contribution in [3.05, 3.63) is 71.3 Å². The molecule has 1 fully saturated rings. The first-order chi connectivity index (χ1) is 10.8. The Morgan fingerprint density at radius 2 is 1.86 bits per heavy atom. The van der Waals surface area contributed by atoms with E-state index in [-0.39, 0.29) is 5.91 Å². The van der Waals surface area contributed by atoms with E-state index in [9.17, 15) is 4.79 Å². The van der Waals surface area contributed by atoms with Crippen molar-refractivity contribution in [3.63, 3.8) is 0 Å². The van der Waals surface area contributed by atoms with Gasteiger partial charge < -0.3 is 9.64 Å². The van der Waals surface area contributed by atoms with Crippen molar-refractivity contribution in [1.29, 1.82) is 0 Å². The summed E-state index contributed by atoms with van der Waals surface area (Å²) < 4.78 is 5.10. The van der Waals surface area contributed by atoms with Gasteiger partial charge in [0.1, 0.15) is 0 Å². The van der Waals surface area contributed by atoms with E-state index in [1.54, 1.807) is 7.11 Å². The smallest absolute Gasteiger partial charge is 0.253 e. The van der Waals surface area contributed by atoms with Gasteiger partial charge in [-0.1, -0.05) is 42.5 Å². The highest BCUT2D eigenvalue weighted by Gasteiger charge is 2.27. The average molecular weight is 295 g/mol. The second-order valence-electron chi connectivity index (χ2n) is 5.78. The lowest BCUT2D eigenvalue weighted by Gasteiger charge is -2.17. The van der Waals surface area contributed by atoms with Gasteiger partial charge in [-0.05, 0) is 29.7 Å². The van der Waals surface area contributed by atoms with Crippen LogP contribution in [0.3, 0.4) is 0 Å². The summed E-state index contributed by atoms with van der Waals surface area (Å²) in [6, 6.07) is 18.2. The number of amides is 1. The zero-order chi connectivity index (χ0) is 15.4. The number of carbonyl (C=O) groups is 1. The first kappa shape index (κ1) is 14.8. The Balaban J connectivity index is 1.66. The number of ether oxygens (including phenoxy) is 1. The summed E-state index contributed by atoms with van der Waals surface area (Å²) in [7, 11) is 1.67. The van der Waals surface area contributed by atoms with Crippen LogP contribution >= 0.6 is 0 Å². The van der Waals surface area contributed by atoms with E-state index >= 15 is 0 Å². The fourth-order valence-electron chi connectivity index (χ4n) is 3.03. The number of hydrogen-bond acceptors (Lipinski definition) is 2. The summed E-state index contributed by atoms with van der Waals surface area (Å²) in [6.45, 7) is 2.22. The Kier molecular flexibility index (Phi) is 4.54. The summed E-state index contributed by atoms with van der Waals surface area (Å²) in [5.41, 5.74) is 3.17.